The zero-order valence-electron chi connectivity index (χ0n) is 15.4. The van der Waals surface area contributed by atoms with E-state index in [1.54, 1.807) is 17.0 Å². The number of ether oxygens (including phenoxy) is 1. The van der Waals surface area contributed by atoms with Crippen LogP contribution in [0.25, 0.3) is 0 Å². The molecule has 0 aromatic heterocycles. The summed E-state index contributed by atoms with van der Waals surface area (Å²) in [5, 5.41) is 6.60. The van der Waals surface area contributed by atoms with E-state index in [-0.39, 0.29) is 18.0 Å². The van der Waals surface area contributed by atoms with Gasteiger partial charge in [0.2, 0.25) is 0 Å². The Balaban J connectivity index is 1.24. The van der Waals surface area contributed by atoms with Crippen LogP contribution < -0.4 is 15.4 Å². The molecule has 0 saturated carbocycles. The second-order valence-corrected chi connectivity index (χ2v) is 7.57. The van der Waals surface area contributed by atoms with Crippen molar-refractivity contribution in [1.29, 1.82) is 0 Å². The third kappa shape index (κ3) is 4.22. The van der Waals surface area contributed by atoms with Crippen molar-refractivity contribution < 1.29 is 14.3 Å². The zero-order chi connectivity index (χ0) is 19.5. The lowest BCUT2D eigenvalue weighted by Crippen LogP contribution is -2.50. The lowest BCUT2D eigenvalue weighted by atomic mass is 10.0. The number of nitrogens with zero attached hydrogens (tertiary/aromatic N) is 1. The fraction of sp³-hybridized carbons (Fsp3) is 0.333. The van der Waals surface area contributed by atoms with Gasteiger partial charge in [0, 0.05) is 36.3 Å². The van der Waals surface area contributed by atoms with Gasteiger partial charge in [0.1, 0.15) is 5.75 Å². The maximum Gasteiger partial charge on any atom is 0.321 e. The molecule has 0 aliphatic carbocycles. The van der Waals surface area contributed by atoms with Gasteiger partial charge in [0.15, 0.2) is 6.10 Å². The first-order valence-electron chi connectivity index (χ1n) is 9.45. The van der Waals surface area contributed by atoms with Gasteiger partial charge in [0.25, 0.3) is 5.91 Å². The number of fused-ring (bicyclic) bond motifs is 1. The van der Waals surface area contributed by atoms with E-state index in [0.29, 0.717) is 24.5 Å². The number of benzene rings is 2. The molecule has 4 rings (SSSR count). The lowest BCUT2D eigenvalue weighted by molar-refractivity contribution is -0.128. The second kappa shape index (κ2) is 8.10. The van der Waals surface area contributed by atoms with E-state index in [9.17, 15) is 9.59 Å². The van der Waals surface area contributed by atoms with E-state index < -0.39 is 6.10 Å². The van der Waals surface area contributed by atoms with Crippen molar-refractivity contribution in [3.05, 3.63) is 59.1 Å². The molecule has 2 aliphatic heterocycles. The number of likely N-dealkylation sites (tertiary alicyclic amines) is 1. The summed E-state index contributed by atoms with van der Waals surface area (Å²) in [5.74, 6) is 0.608. The fourth-order valence-corrected chi connectivity index (χ4v) is 3.80. The molecule has 0 bridgehead atoms. The highest BCUT2D eigenvalue weighted by molar-refractivity contribution is 6.30. The molecular formula is C21H22ClN3O3. The summed E-state index contributed by atoms with van der Waals surface area (Å²) in [4.78, 5) is 26.7. The molecule has 6 nitrogen and oxygen atoms in total. The van der Waals surface area contributed by atoms with Crippen LogP contribution in [0.2, 0.25) is 5.02 Å². The van der Waals surface area contributed by atoms with Crippen molar-refractivity contribution in [2.24, 2.45) is 0 Å². The molecule has 1 atom stereocenters. The van der Waals surface area contributed by atoms with Crippen LogP contribution in [-0.4, -0.2) is 42.1 Å². The number of piperidine rings is 1. The van der Waals surface area contributed by atoms with Crippen LogP contribution in [0.1, 0.15) is 18.4 Å². The number of rotatable bonds is 3. The van der Waals surface area contributed by atoms with E-state index in [2.05, 4.69) is 10.6 Å². The van der Waals surface area contributed by atoms with Gasteiger partial charge in [-0.15, -0.1) is 0 Å². The Bertz CT molecular complexity index is 866. The first-order chi connectivity index (χ1) is 13.6. The van der Waals surface area contributed by atoms with Crippen LogP contribution >= 0.6 is 11.6 Å². The summed E-state index contributed by atoms with van der Waals surface area (Å²) in [6.45, 7) is 1.20. The molecule has 2 aromatic carbocycles. The first kappa shape index (κ1) is 18.6. The van der Waals surface area contributed by atoms with Crippen molar-refractivity contribution in [2.75, 3.05) is 18.4 Å². The lowest BCUT2D eigenvalue weighted by Gasteiger charge is -2.32. The van der Waals surface area contributed by atoms with E-state index in [0.717, 1.165) is 29.8 Å². The molecule has 2 N–H and O–H groups in total. The summed E-state index contributed by atoms with van der Waals surface area (Å²) in [6.07, 6.45) is 1.45. The minimum absolute atomic E-state index is 0.0455. The van der Waals surface area contributed by atoms with Crippen molar-refractivity contribution in [3.63, 3.8) is 0 Å². The number of carbonyl (C=O) groups excluding carboxylic acids is 2. The van der Waals surface area contributed by atoms with Gasteiger partial charge in [-0.3, -0.25) is 4.79 Å². The number of anilines is 1. The van der Waals surface area contributed by atoms with Crippen LogP contribution in [0.15, 0.2) is 48.5 Å². The van der Waals surface area contributed by atoms with E-state index >= 15 is 0 Å². The minimum atomic E-state index is -0.520. The Morgan fingerprint density at radius 1 is 1.07 bits per heavy atom. The average molecular weight is 400 g/mol. The Labute approximate surface area is 168 Å². The molecule has 28 heavy (non-hydrogen) atoms. The number of para-hydroxylation sites is 1. The molecule has 146 valence electrons. The van der Waals surface area contributed by atoms with Crippen LogP contribution in [0.3, 0.4) is 0 Å². The molecule has 1 fully saturated rings. The molecule has 2 aromatic rings. The monoisotopic (exact) mass is 399 g/mol. The van der Waals surface area contributed by atoms with Crippen LogP contribution in [-0.2, 0) is 11.2 Å². The van der Waals surface area contributed by atoms with Gasteiger partial charge in [-0.2, -0.15) is 0 Å². The van der Waals surface area contributed by atoms with Crippen LogP contribution in [0.5, 0.6) is 5.75 Å². The van der Waals surface area contributed by atoms with Gasteiger partial charge < -0.3 is 20.3 Å². The standard InChI is InChI=1S/C21H22ClN3O3/c22-15-6-7-18-14(12-15)13-19(28-18)20(26)23-17-8-10-25(11-9-17)21(27)24-16-4-2-1-3-5-16/h1-7,12,17,19H,8-11,13H2,(H,23,26)(H,24,27). The number of hydrogen-bond donors (Lipinski definition) is 2. The highest BCUT2D eigenvalue weighted by atomic mass is 35.5. The Kier molecular flexibility index (Phi) is 5.39. The molecule has 2 aliphatic rings. The maximum absolute atomic E-state index is 12.6. The van der Waals surface area contributed by atoms with E-state index in [1.165, 1.54) is 0 Å². The van der Waals surface area contributed by atoms with Gasteiger partial charge in [-0.25, -0.2) is 4.79 Å². The molecular weight excluding hydrogens is 378 g/mol. The van der Waals surface area contributed by atoms with Crippen LogP contribution in [0.4, 0.5) is 10.5 Å². The Morgan fingerprint density at radius 3 is 2.57 bits per heavy atom. The highest BCUT2D eigenvalue weighted by Gasteiger charge is 2.31. The van der Waals surface area contributed by atoms with Crippen LogP contribution in [0, 0.1) is 0 Å². The quantitative estimate of drug-likeness (QED) is 0.830. The van der Waals surface area contributed by atoms with Crippen molar-refractivity contribution >= 4 is 29.2 Å². The van der Waals surface area contributed by atoms with Crippen molar-refractivity contribution in [1.82, 2.24) is 10.2 Å². The number of hydrogen-bond acceptors (Lipinski definition) is 3. The summed E-state index contributed by atoms with van der Waals surface area (Å²) in [5.41, 5.74) is 1.74. The van der Waals surface area contributed by atoms with Gasteiger partial charge in [-0.1, -0.05) is 29.8 Å². The van der Waals surface area contributed by atoms with Gasteiger partial charge >= 0.3 is 6.03 Å². The highest BCUT2D eigenvalue weighted by Crippen LogP contribution is 2.31. The molecule has 1 saturated heterocycles. The van der Waals surface area contributed by atoms with Crippen molar-refractivity contribution in [3.8, 4) is 5.75 Å². The van der Waals surface area contributed by atoms with E-state index in [1.807, 2.05) is 36.4 Å². The number of amides is 3. The second-order valence-electron chi connectivity index (χ2n) is 7.13. The molecule has 1 unspecified atom stereocenters. The number of halogens is 1. The molecule has 2 heterocycles. The SMILES string of the molecule is O=C(NC1CCN(C(=O)Nc2ccccc2)CC1)C1Cc2cc(Cl)ccc2O1. The third-order valence-electron chi connectivity index (χ3n) is 5.14. The summed E-state index contributed by atoms with van der Waals surface area (Å²) >= 11 is 6.00. The third-order valence-corrected chi connectivity index (χ3v) is 5.38. The first-order valence-corrected chi connectivity index (χ1v) is 9.83. The average Bonchev–Trinajstić information content (AvgIpc) is 3.12. The van der Waals surface area contributed by atoms with Gasteiger partial charge in [-0.05, 0) is 48.7 Å². The minimum Gasteiger partial charge on any atom is -0.480 e. The molecule has 3 amide bonds. The summed E-state index contributed by atoms with van der Waals surface area (Å²) < 4.78 is 5.75. The largest absolute Gasteiger partial charge is 0.480 e. The summed E-state index contributed by atoms with van der Waals surface area (Å²) in [7, 11) is 0. The van der Waals surface area contributed by atoms with Gasteiger partial charge in [0.05, 0.1) is 0 Å². The predicted molar refractivity (Wildman–Crippen MR) is 108 cm³/mol. The molecule has 0 radical (unpaired) electrons. The van der Waals surface area contributed by atoms with E-state index in [4.69, 9.17) is 16.3 Å². The van der Waals surface area contributed by atoms with Crippen molar-refractivity contribution in [2.45, 2.75) is 31.4 Å². The zero-order valence-corrected chi connectivity index (χ0v) is 16.1. The fourth-order valence-electron chi connectivity index (χ4n) is 3.61. The normalized spacial score (nSPS) is 18.9. The number of urea groups is 1. The summed E-state index contributed by atoms with van der Waals surface area (Å²) in [6, 6.07) is 14.7. The molecule has 0 spiro atoms. The maximum atomic E-state index is 12.6. The smallest absolute Gasteiger partial charge is 0.321 e. The Morgan fingerprint density at radius 2 is 1.82 bits per heavy atom. The topological polar surface area (TPSA) is 70.7 Å². The molecule has 7 heteroatoms. The predicted octanol–water partition coefficient (Wildman–Crippen LogP) is 3.46. The number of nitrogens with one attached hydrogen (secondary N) is 2. The number of carbonyl (C=O) groups is 2. The Hall–Kier alpha value is -2.73.